The Hall–Kier alpha value is -1.83. The van der Waals surface area contributed by atoms with Crippen molar-refractivity contribution in [3.05, 3.63) is 50.4 Å². The lowest BCUT2D eigenvalue weighted by Gasteiger charge is -2.05. The quantitative estimate of drug-likeness (QED) is 0.616. The van der Waals surface area contributed by atoms with E-state index in [-0.39, 0.29) is 5.91 Å². The molecule has 5 nitrogen and oxygen atoms in total. The average Bonchev–Trinajstić information content (AvgIpc) is 2.73. The van der Waals surface area contributed by atoms with Crippen LogP contribution >= 0.6 is 22.6 Å². The first-order valence-electron chi connectivity index (χ1n) is 6.28. The maximum atomic E-state index is 12.3. The van der Waals surface area contributed by atoms with E-state index >= 15 is 0 Å². The topological polar surface area (TPSA) is 71.2 Å². The summed E-state index contributed by atoms with van der Waals surface area (Å²) in [4.78, 5) is 27.0. The van der Waals surface area contributed by atoms with Gasteiger partial charge >= 0.3 is 5.97 Å². The normalized spacial score (nSPS) is 10.3. The molecule has 1 aromatic carbocycles. The fourth-order valence-corrected chi connectivity index (χ4v) is 2.69. The van der Waals surface area contributed by atoms with Gasteiger partial charge in [0, 0.05) is 15.0 Å². The van der Waals surface area contributed by atoms with E-state index in [1.807, 2.05) is 24.3 Å². The molecule has 21 heavy (non-hydrogen) atoms. The molecule has 2 rings (SSSR count). The molecule has 0 bridgehead atoms. The van der Waals surface area contributed by atoms with Gasteiger partial charge in [-0.2, -0.15) is 0 Å². The lowest BCUT2D eigenvalue weighted by atomic mass is 10.1. The first-order valence-corrected chi connectivity index (χ1v) is 7.36. The molecular weight excluding hydrogens is 383 g/mol. The minimum Gasteiger partial charge on any atom is -0.465 e. The van der Waals surface area contributed by atoms with Crippen LogP contribution in [0.4, 0.5) is 5.69 Å². The van der Waals surface area contributed by atoms with Gasteiger partial charge in [-0.05, 0) is 60.2 Å². The molecule has 0 aliphatic rings. The number of esters is 1. The number of carbonyl (C=O) groups excluding carboxylic acids is 2. The summed E-state index contributed by atoms with van der Waals surface area (Å²) >= 11 is 2.18. The van der Waals surface area contributed by atoms with Gasteiger partial charge in [-0.1, -0.05) is 6.07 Å². The van der Waals surface area contributed by atoms with Crippen LogP contribution in [0.25, 0.3) is 0 Å². The molecule has 110 valence electrons. The lowest BCUT2D eigenvalue weighted by molar-refractivity contribution is 0.0599. The number of carbonyl (C=O) groups is 2. The third kappa shape index (κ3) is 3.26. The third-order valence-electron chi connectivity index (χ3n) is 3.14. The summed E-state index contributed by atoms with van der Waals surface area (Å²) in [6.07, 6.45) is 0. The van der Waals surface area contributed by atoms with Crippen molar-refractivity contribution < 1.29 is 14.3 Å². The number of H-pyrrole nitrogens is 1. The summed E-state index contributed by atoms with van der Waals surface area (Å²) in [5.41, 5.74) is 2.69. The fourth-order valence-electron chi connectivity index (χ4n) is 2.15. The van der Waals surface area contributed by atoms with Crippen molar-refractivity contribution in [2.24, 2.45) is 0 Å². The number of ether oxygens (including phenoxy) is 1. The highest BCUT2D eigenvalue weighted by molar-refractivity contribution is 14.1. The van der Waals surface area contributed by atoms with Crippen LogP contribution in [0.1, 0.15) is 32.1 Å². The van der Waals surface area contributed by atoms with Crippen LogP contribution in [0.5, 0.6) is 0 Å². The lowest BCUT2D eigenvalue weighted by Crippen LogP contribution is -2.14. The van der Waals surface area contributed by atoms with Gasteiger partial charge in [0.2, 0.25) is 0 Å². The summed E-state index contributed by atoms with van der Waals surface area (Å²) < 4.78 is 5.76. The second-order valence-corrected chi connectivity index (χ2v) is 5.83. The zero-order chi connectivity index (χ0) is 15.6. The van der Waals surface area contributed by atoms with Crippen LogP contribution in [-0.2, 0) is 4.74 Å². The van der Waals surface area contributed by atoms with E-state index in [2.05, 4.69) is 32.9 Å². The first-order chi connectivity index (χ1) is 9.93. The number of aromatic nitrogens is 1. The molecule has 0 saturated carbocycles. The van der Waals surface area contributed by atoms with Gasteiger partial charge in [0.15, 0.2) is 0 Å². The van der Waals surface area contributed by atoms with Crippen molar-refractivity contribution in [2.45, 2.75) is 13.8 Å². The number of hydrogen-bond acceptors (Lipinski definition) is 3. The van der Waals surface area contributed by atoms with Gasteiger partial charge in [0.05, 0.1) is 12.7 Å². The van der Waals surface area contributed by atoms with Crippen LogP contribution in [0.15, 0.2) is 24.3 Å². The van der Waals surface area contributed by atoms with Gasteiger partial charge in [-0.15, -0.1) is 0 Å². The van der Waals surface area contributed by atoms with E-state index in [0.29, 0.717) is 28.2 Å². The molecule has 1 heterocycles. The van der Waals surface area contributed by atoms with E-state index < -0.39 is 5.97 Å². The van der Waals surface area contributed by atoms with Crippen molar-refractivity contribution in [2.75, 3.05) is 12.4 Å². The van der Waals surface area contributed by atoms with Crippen molar-refractivity contribution in [1.82, 2.24) is 4.98 Å². The Morgan fingerprint density at radius 3 is 2.62 bits per heavy atom. The van der Waals surface area contributed by atoms with E-state index in [1.165, 1.54) is 7.11 Å². The SMILES string of the molecule is COC(=O)c1c(C)[nH]c(C(=O)Nc2cccc(I)c2)c1C. The monoisotopic (exact) mass is 398 g/mol. The van der Waals surface area contributed by atoms with Gasteiger partial charge in [-0.25, -0.2) is 4.79 Å². The van der Waals surface area contributed by atoms with Gasteiger partial charge in [0.25, 0.3) is 5.91 Å². The molecule has 1 amide bonds. The van der Waals surface area contributed by atoms with E-state index in [0.717, 1.165) is 3.57 Å². The van der Waals surface area contributed by atoms with Crippen LogP contribution in [0.2, 0.25) is 0 Å². The maximum Gasteiger partial charge on any atom is 0.339 e. The minimum atomic E-state index is -0.449. The second-order valence-electron chi connectivity index (χ2n) is 4.58. The molecule has 0 radical (unpaired) electrons. The third-order valence-corrected chi connectivity index (χ3v) is 3.81. The Labute approximate surface area is 136 Å². The number of rotatable bonds is 3. The molecule has 6 heteroatoms. The highest BCUT2D eigenvalue weighted by atomic mass is 127. The number of halogens is 1. The van der Waals surface area contributed by atoms with Gasteiger partial charge in [0.1, 0.15) is 5.69 Å². The van der Waals surface area contributed by atoms with Crippen LogP contribution in [-0.4, -0.2) is 24.0 Å². The molecule has 0 unspecified atom stereocenters. The molecule has 0 aliphatic carbocycles. The summed E-state index contributed by atoms with van der Waals surface area (Å²) in [5.74, 6) is -0.734. The maximum absolute atomic E-state index is 12.3. The number of amides is 1. The van der Waals surface area contributed by atoms with Gasteiger partial charge < -0.3 is 15.0 Å². The number of nitrogens with one attached hydrogen (secondary N) is 2. The van der Waals surface area contributed by atoms with E-state index in [1.54, 1.807) is 13.8 Å². The van der Waals surface area contributed by atoms with E-state index in [9.17, 15) is 9.59 Å². The fraction of sp³-hybridized carbons (Fsp3) is 0.200. The molecule has 0 aliphatic heterocycles. The molecular formula is C15H15IN2O3. The Morgan fingerprint density at radius 2 is 2.00 bits per heavy atom. The molecule has 0 saturated heterocycles. The van der Waals surface area contributed by atoms with Crippen LogP contribution in [0.3, 0.4) is 0 Å². The smallest absolute Gasteiger partial charge is 0.339 e. The molecule has 0 fully saturated rings. The highest BCUT2D eigenvalue weighted by Crippen LogP contribution is 2.20. The summed E-state index contributed by atoms with van der Waals surface area (Å²) in [6.45, 7) is 3.46. The van der Waals surface area contributed by atoms with Crippen LogP contribution in [0, 0.1) is 17.4 Å². The predicted octanol–water partition coefficient (Wildman–Crippen LogP) is 3.28. The summed E-state index contributed by atoms with van der Waals surface area (Å²) in [5, 5.41) is 2.81. The zero-order valence-electron chi connectivity index (χ0n) is 11.9. The molecule has 0 atom stereocenters. The number of hydrogen-bond donors (Lipinski definition) is 2. The summed E-state index contributed by atoms with van der Waals surface area (Å²) in [6, 6.07) is 7.48. The van der Waals surface area contributed by atoms with Crippen molar-refractivity contribution in [1.29, 1.82) is 0 Å². The van der Waals surface area contributed by atoms with Crippen molar-refractivity contribution >= 4 is 40.2 Å². The Balaban J connectivity index is 2.30. The largest absolute Gasteiger partial charge is 0.465 e. The number of methoxy groups -OCH3 is 1. The molecule has 0 spiro atoms. The Morgan fingerprint density at radius 1 is 1.29 bits per heavy atom. The van der Waals surface area contributed by atoms with Gasteiger partial charge in [-0.3, -0.25) is 4.79 Å². The first kappa shape index (κ1) is 15.6. The molecule has 2 aromatic rings. The number of anilines is 1. The van der Waals surface area contributed by atoms with Crippen molar-refractivity contribution in [3.63, 3.8) is 0 Å². The predicted molar refractivity (Wildman–Crippen MR) is 88.7 cm³/mol. The zero-order valence-corrected chi connectivity index (χ0v) is 14.1. The number of aromatic amines is 1. The average molecular weight is 398 g/mol. The second kappa shape index (κ2) is 6.30. The van der Waals surface area contributed by atoms with Crippen LogP contribution < -0.4 is 5.32 Å². The Bertz CT molecular complexity index is 707. The minimum absolute atomic E-state index is 0.284. The van der Waals surface area contributed by atoms with Crippen molar-refractivity contribution in [3.8, 4) is 0 Å². The molecule has 2 N–H and O–H groups in total. The van der Waals surface area contributed by atoms with E-state index in [4.69, 9.17) is 4.74 Å². The standard InChI is InChI=1S/C15H15IN2O3/c1-8-12(15(20)21-3)9(2)17-13(8)14(19)18-11-6-4-5-10(16)7-11/h4-7,17H,1-3H3,(H,18,19). The number of aryl methyl sites for hydroxylation is 1. The number of benzene rings is 1. The highest BCUT2D eigenvalue weighted by Gasteiger charge is 2.22. The Kier molecular flexibility index (Phi) is 4.66. The molecule has 1 aromatic heterocycles. The summed E-state index contributed by atoms with van der Waals surface area (Å²) in [7, 11) is 1.32.